The summed E-state index contributed by atoms with van der Waals surface area (Å²) >= 11 is 0. The molecule has 1 fully saturated rings. The molecule has 1 N–H and O–H groups in total. The average Bonchev–Trinajstić information content (AvgIpc) is 3.10. The van der Waals surface area contributed by atoms with E-state index < -0.39 is 17.7 Å². The Kier molecular flexibility index (Phi) is 6.36. The Labute approximate surface area is 198 Å². The van der Waals surface area contributed by atoms with Gasteiger partial charge in [-0.15, -0.1) is 0 Å². The van der Waals surface area contributed by atoms with Gasteiger partial charge in [0.2, 0.25) is 0 Å². The summed E-state index contributed by atoms with van der Waals surface area (Å²) in [5.74, 6) is -0.529. The highest BCUT2D eigenvalue weighted by Gasteiger charge is 2.47. The van der Waals surface area contributed by atoms with Gasteiger partial charge in [-0.2, -0.15) is 0 Å². The van der Waals surface area contributed by atoms with E-state index in [9.17, 15) is 14.7 Å². The number of hydrogen-bond donors (Lipinski definition) is 1. The number of rotatable bonds is 6. The largest absolute Gasteiger partial charge is 0.507 e. The van der Waals surface area contributed by atoms with Crippen LogP contribution < -0.4 is 14.4 Å². The highest BCUT2D eigenvalue weighted by atomic mass is 16.5. The van der Waals surface area contributed by atoms with Gasteiger partial charge in [0, 0.05) is 29.7 Å². The lowest BCUT2D eigenvalue weighted by Gasteiger charge is -2.25. The number of anilines is 1. The molecule has 2 aromatic carbocycles. The number of aliphatic hydroxyl groups is 1. The van der Waals surface area contributed by atoms with Gasteiger partial charge in [0.15, 0.2) is 0 Å². The molecule has 0 saturated carbocycles. The van der Waals surface area contributed by atoms with E-state index in [0.717, 1.165) is 5.56 Å². The van der Waals surface area contributed by atoms with Gasteiger partial charge in [-0.3, -0.25) is 19.5 Å². The highest BCUT2D eigenvalue weighted by molar-refractivity contribution is 6.51. The number of pyridine rings is 1. The molecule has 4 rings (SSSR count). The summed E-state index contributed by atoms with van der Waals surface area (Å²) < 4.78 is 11.1. The van der Waals surface area contributed by atoms with Crippen molar-refractivity contribution in [2.75, 3.05) is 12.0 Å². The quantitative estimate of drug-likeness (QED) is 0.324. The second-order valence-electron chi connectivity index (χ2n) is 8.30. The molecule has 7 nitrogen and oxygen atoms in total. The zero-order chi connectivity index (χ0) is 24.4. The fourth-order valence-corrected chi connectivity index (χ4v) is 4.05. The lowest BCUT2D eigenvalue weighted by Crippen LogP contribution is -2.29. The highest BCUT2D eigenvalue weighted by Crippen LogP contribution is 2.42. The Morgan fingerprint density at radius 3 is 2.53 bits per heavy atom. The van der Waals surface area contributed by atoms with E-state index in [0.29, 0.717) is 28.3 Å². The Morgan fingerprint density at radius 1 is 1.09 bits per heavy atom. The zero-order valence-corrected chi connectivity index (χ0v) is 19.5. The number of carbonyl (C=O) groups excluding carboxylic acids is 2. The summed E-state index contributed by atoms with van der Waals surface area (Å²) in [6.45, 7) is 5.73. The van der Waals surface area contributed by atoms with E-state index in [2.05, 4.69) is 4.98 Å². The second-order valence-corrected chi connectivity index (χ2v) is 8.30. The van der Waals surface area contributed by atoms with Gasteiger partial charge in [0.1, 0.15) is 17.3 Å². The number of methoxy groups -OCH3 is 1. The standard InChI is InChI=1S/C27H26N2O5/c1-16(2)34-22-11-10-18(13-17(22)3)25(30)23-24(19-7-6-12-28-15-19)29(27(32)26(23)31)20-8-5-9-21(14-20)33-4/h5-16,24,30H,1-4H3/b25-23-. The molecule has 2 heterocycles. The zero-order valence-electron chi connectivity index (χ0n) is 19.5. The molecule has 1 amide bonds. The molecule has 1 unspecified atom stereocenters. The summed E-state index contributed by atoms with van der Waals surface area (Å²) in [4.78, 5) is 32.0. The van der Waals surface area contributed by atoms with E-state index in [-0.39, 0.29) is 17.4 Å². The van der Waals surface area contributed by atoms with Crippen LogP contribution in [0, 0.1) is 6.92 Å². The van der Waals surface area contributed by atoms with Gasteiger partial charge in [-0.25, -0.2) is 0 Å². The average molecular weight is 459 g/mol. The minimum Gasteiger partial charge on any atom is -0.507 e. The Balaban J connectivity index is 1.88. The maximum atomic E-state index is 13.3. The van der Waals surface area contributed by atoms with Crippen molar-refractivity contribution in [2.45, 2.75) is 32.9 Å². The van der Waals surface area contributed by atoms with Crippen LogP contribution in [0.25, 0.3) is 5.76 Å². The number of hydrogen-bond acceptors (Lipinski definition) is 6. The molecule has 1 saturated heterocycles. The molecule has 1 aromatic heterocycles. The first-order chi connectivity index (χ1) is 16.3. The first-order valence-electron chi connectivity index (χ1n) is 10.9. The lowest BCUT2D eigenvalue weighted by atomic mass is 9.95. The van der Waals surface area contributed by atoms with E-state index in [1.54, 1.807) is 67.0 Å². The number of ketones is 1. The van der Waals surface area contributed by atoms with Crippen molar-refractivity contribution in [3.05, 3.63) is 89.3 Å². The normalized spacial score (nSPS) is 17.3. The molecule has 3 aromatic rings. The number of nitrogens with zero attached hydrogens (tertiary/aromatic N) is 2. The van der Waals surface area contributed by atoms with Crippen molar-refractivity contribution in [3.8, 4) is 11.5 Å². The Bertz CT molecular complexity index is 1270. The number of ether oxygens (including phenoxy) is 2. The van der Waals surface area contributed by atoms with Crippen molar-refractivity contribution in [1.29, 1.82) is 0 Å². The Hall–Kier alpha value is -4.13. The molecule has 174 valence electrons. The predicted octanol–water partition coefficient (Wildman–Crippen LogP) is 4.81. The maximum absolute atomic E-state index is 13.3. The number of aliphatic hydroxyl groups excluding tert-OH is 1. The fraction of sp³-hybridized carbons (Fsp3) is 0.222. The van der Waals surface area contributed by atoms with E-state index in [4.69, 9.17) is 9.47 Å². The topological polar surface area (TPSA) is 89.0 Å². The van der Waals surface area contributed by atoms with E-state index >= 15 is 0 Å². The molecule has 1 aliphatic rings. The van der Waals surface area contributed by atoms with Crippen molar-refractivity contribution in [3.63, 3.8) is 0 Å². The molecule has 0 spiro atoms. The molecule has 0 bridgehead atoms. The lowest BCUT2D eigenvalue weighted by molar-refractivity contribution is -0.132. The number of aryl methyl sites for hydroxylation is 1. The smallest absolute Gasteiger partial charge is 0.300 e. The maximum Gasteiger partial charge on any atom is 0.300 e. The number of aromatic nitrogens is 1. The number of amides is 1. The molecule has 0 aliphatic carbocycles. The monoisotopic (exact) mass is 458 g/mol. The molecule has 1 atom stereocenters. The summed E-state index contributed by atoms with van der Waals surface area (Å²) in [6.07, 6.45) is 3.19. The van der Waals surface area contributed by atoms with Crippen LogP contribution in [0.1, 0.15) is 36.6 Å². The van der Waals surface area contributed by atoms with Crippen molar-refractivity contribution in [2.24, 2.45) is 0 Å². The van der Waals surface area contributed by atoms with Gasteiger partial charge in [0.25, 0.3) is 11.7 Å². The summed E-state index contributed by atoms with van der Waals surface area (Å²) in [5, 5.41) is 11.3. The Morgan fingerprint density at radius 2 is 1.88 bits per heavy atom. The molecular formula is C27H26N2O5. The molecule has 0 radical (unpaired) electrons. The molecule has 7 heteroatoms. The minimum absolute atomic E-state index is 0.00209. The molecular weight excluding hydrogens is 432 g/mol. The molecule has 1 aliphatic heterocycles. The van der Waals surface area contributed by atoms with Crippen LogP contribution in [0.3, 0.4) is 0 Å². The first kappa shape index (κ1) is 23.0. The molecule has 34 heavy (non-hydrogen) atoms. The van der Waals surface area contributed by atoms with Gasteiger partial charge >= 0.3 is 0 Å². The summed E-state index contributed by atoms with van der Waals surface area (Å²) in [6, 6.07) is 14.7. The van der Waals surface area contributed by atoms with Crippen LogP contribution in [-0.2, 0) is 9.59 Å². The van der Waals surface area contributed by atoms with Gasteiger partial charge in [0.05, 0.1) is 24.8 Å². The van der Waals surface area contributed by atoms with Gasteiger partial charge < -0.3 is 14.6 Å². The third kappa shape index (κ3) is 4.24. The van der Waals surface area contributed by atoms with Gasteiger partial charge in [-0.1, -0.05) is 12.1 Å². The van der Waals surface area contributed by atoms with Crippen molar-refractivity contribution < 1.29 is 24.2 Å². The minimum atomic E-state index is -0.854. The van der Waals surface area contributed by atoms with E-state index in [1.165, 1.54) is 12.0 Å². The van der Waals surface area contributed by atoms with Crippen LogP contribution >= 0.6 is 0 Å². The van der Waals surface area contributed by atoms with Gasteiger partial charge in [-0.05, 0) is 68.3 Å². The fourth-order valence-electron chi connectivity index (χ4n) is 4.05. The number of benzene rings is 2. The van der Waals surface area contributed by atoms with Crippen molar-refractivity contribution in [1.82, 2.24) is 4.98 Å². The van der Waals surface area contributed by atoms with Crippen molar-refractivity contribution >= 4 is 23.1 Å². The van der Waals surface area contributed by atoms with Crippen LogP contribution in [0.15, 0.2) is 72.6 Å². The van der Waals surface area contributed by atoms with Crippen LogP contribution in [0.5, 0.6) is 11.5 Å². The summed E-state index contributed by atoms with van der Waals surface area (Å²) in [5.41, 5.74) is 2.30. The van der Waals surface area contributed by atoms with E-state index in [1.807, 2.05) is 20.8 Å². The third-order valence-corrected chi connectivity index (χ3v) is 5.59. The van der Waals surface area contributed by atoms with Crippen LogP contribution in [-0.4, -0.2) is 35.0 Å². The number of Topliss-reactive ketones (excluding diaryl/α,β-unsaturated/α-hetero) is 1. The SMILES string of the molecule is COc1cccc(N2C(=O)C(=O)/C(=C(\O)c3ccc(OC(C)C)c(C)c3)C2c2cccnc2)c1. The second kappa shape index (κ2) is 9.39. The van der Waals surface area contributed by atoms with Crippen LogP contribution in [0.2, 0.25) is 0 Å². The summed E-state index contributed by atoms with van der Waals surface area (Å²) in [7, 11) is 1.53. The first-order valence-corrected chi connectivity index (χ1v) is 10.9. The van der Waals surface area contributed by atoms with Crippen LogP contribution in [0.4, 0.5) is 5.69 Å². The third-order valence-electron chi connectivity index (χ3n) is 5.59. The number of carbonyl (C=O) groups is 2. The predicted molar refractivity (Wildman–Crippen MR) is 129 cm³/mol.